The Morgan fingerprint density at radius 3 is 2.14 bits per heavy atom. The van der Waals surface area contributed by atoms with Crippen molar-refractivity contribution < 1.29 is 23.2 Å². The lowest BCUT2D eigenvalue weighted by molar-refractivity contribution is -0.430. The summed E-state index contributed by atoms with van der Waals surface area (Å²) in [6.45, 7) is 0. The Balaban J connectivity index is 2.35. The van der Waals surface area contributed by atoms with Crippen LogP contribution in [0, 0.1) is 5.21 Å². The smallest absolute Gasteiger partial charge is 0.337 e. The monoisotopic (exact) mass is 306 g/mol. The number of nitrogens with zero attached hydrogens (tertiary/aromatic N) is 2. The molecule has 21 heavy (non-hydrogen) atoms. The van der Waals surface area contributed by atoms with Gasteiger partial charge in [0.25, 0.3) is 0 Å². The second-order valence-corrected chi connectivity index (χ2v) is 5.58. The van der Waals surface area contributed by atoms with Gasteiger partial charge in [-0.1, -0.05) is 18.2 Å². The molecule has 0 saturated carbocycles. The van der Waals surface area contributed by atoms with E-state index in [-0.39, 0.29) is 21.0 Å². The number of carboxylic acids is 1. The molecule has 1 N–H and O–H groups in total. The van der Waals surface area contributed by atoms with Gasteiger partial charge in [0.15, 0.2) is 0 Å². The van der Waals surface area contributed by atoms with E-state index in [9.17, 15) is 18.4 Å². The molecule has 0 heterocycles. The van der Waals surface area contributed by atoms with Gasteiger partial charge in [0.05, 0.1) is 10.5 Å². The van der Waals surface area contributed by atoms with Gasteiger partial charge in [-0.2, -0.15) is 8.42 Å². The number of benzene rings is 2. The number of aromatic carboxylic acids is 1. The van der Waals surface area contributed by atoms with Crippen LogP contribution < -0.4 is 0 Å². The van der Waals surface area contributed by atoms with Crippen molar-refractivity contribution in [2.45, 2.75) is 4.90 Å². The highest BCUT2D eigenvalue weighted by Gasteiger charge is 2.18. The Labute approximate surface area is 120 Å². The van der Waals surface area contributed by atoms with E-state index in [1.807, 2.05) is 0 Å². The topological polar surface area (TPSA) is 110 Å². The summed E-state index contributed by atoms with van der Waals surface area (Å²) in [6.07, 6.45) is 0. The minimum atomic E-state index is -4.11. The molecule has 0 aliphatic heterocycles. The zero-order valence-corrected chi connectivity index (χ0v) is 11.4. The quantitative estimate of drug-likeness (QED) is 0.529. The first kappa shape index (κ1) is 14.7. The first-order valence-electron chi connectivity index (χ1n) is 5.74. The van der Waals surface area contributed by atoms with Crippen LogP contribution >= 0.6 is 0 Å². The Kier molecular flexibility index (Phi) is 3.99. The number of sulfonamides is 1. The third-order valence-electron chi connectivity index (χ3n) is 2.56. The fourth-order valence-corrected chi connectivity index (χ4v) is 2.40. The zero-order valence-electron chi connectivity index (χ0n) is 10.6. The van der Waals surface area contributed by atoms with Crippen LogP contribution in [0.3, 0.4) is 0 Å². The van der Waals surface area contributed by atoms with Gasteiger partial charge in [0.2, 0.25) is 5.69 Å². The van der Waals surface area contributed by atoms with E-state index in [0.29, 0.717) is 0 Å². The molecule has 2 rings (SSSR count). The van der Waals surface area contributed by atoms with Gasteiger partial charge in [-0.15, -0.1) is 0 Å². The molecule has 0 amide bonds. The molecule has 0 aromatic heterocycles. The molecule has 0 saturated heterocycles. The lowest BCUT2D eigenvalue weighted by atomic mass is 10.2. The van der Waals surface area contributed by atoms with E-state index >= 15 is 0 Å². The number of rotatable bonds is 4. The predicted molar refractivity (Wildman–Crippen MR) is 72.7 cm³/mol. The van der Waals surface area contributed by atoms with E-state index in [1.54, 1.807) is 6.07 Å². The maximum absolute atomic E-state index is 11.9. The van der Waals surface area contributed by atoms with Crippen LogP contribution in [-0.4, -0.2) is 24.4 Å². The molecule has 0 atom stereocenters. The molecule has 108 valence electrons. The summed E-state index contributed by atoms with van der Waals surface area (Å²) in [7, 11) is -4.11. The lowest BCUT2D eigenvalue weighted by Crippen LogP contribution is -2.02. The van der Waals surface area contributed by atoms with Crippen molar-refractivity contribution in [1.29, 1.82) is 0 Å². The van der Waals surface area contributed by atoms with Crippen LogP contribution in [0.2, 0.25) is 0 Å². The Morgan fingerprint density at radius 2 is 1.62 bits per heavy atom. The van der Waals surface area contributed by atoms with E-state index in [1.165, 1.54) is 48.5 Å². The van der Waals surface area contributed by atoms with Gasteiger partial charge in [-0.3, -0.25) is 0 Å². The molecule has 7 nitrogen and oxygen atoms in total. The molecule has 2 aromatic rings. The van der Waals surface area contributed by atoms with Crippen molar-refractivity contribution in [1.82, 2.24) is 0 Å². The molecular formula is C13H10N2O5S. The van der Waals surface area contributed by atoms with Gasteiger partial charge in [-0.05, 0) is 29.1 Å². The molecule has 0 aliphatic carbocycles. The Hall–Kier alpha value is -2.74. The highest BCUT2D eigenvalue weighted by Crippen LogP contribution is 2.17. The molecule has 0 spiro atoms. The molecule has 0 unspecified atom stereocenters. The first-order chi connectivity index (χ1) is 9.90. The van der Waals surface area contributed by atoms with Crippen molar-refractivity contribution in [2.75, 3.05) is 0 Å². The van der Waals surface area contributed by atoms with Crippen molar-refractivity contribution in [2.24, 2.45) is 4.52 Å². The molecule has 8 heteroatoms. The van der Waals surface area contributed by atoms with Crippen LogP contribution in [0.25, 0.3) is 0 Å². The normalized spacial score (nSPS) is 12.1. The molecule has 2 aromatic carbocycles. The second kappa shape index (κ2) is 5.71. The lowest BCUT2D eigenvalue weighted by Gasteiger charge is -2.01. The van der Waals surface area contributed by atoms with Gasteiger partial charge < -0.3 is 10.3 Å². The molecule has 0 fully saturated rings. The van der Waals surface area contributed by atoms with Crippen molar-refractivity contribution >= 4 is 21.7 Å². The number of hydrogen-bond donors (Lipinski definition) is 1. The highest BCUT2D eigenvalue weighted by molar-refractivity contribution is 7.89. The van der Waals surface area contributed by atoms with Crippen molar-refractivity contribution in [3.05, 3.63) is 65.4 Å². The van der Waals surface area contributed by atoms with E-state index in [0.717, 1.165) is 0 Å². The van der Waals surface area contributed by atoms with Gasteiger partial charge in [0.1, 0.15) is 4.52 Å². The summed E-state index contributed by atoms with van der Waals surface area (Å²) in [5.74, 6) is -1.15. The summed E-state index contributed by atoms with van der Waals surface area (Å²) in [6, 6.07) is 12.0. The third-order valence-corrected chi connectivity index (χ3v) is 3.79. The average molecular weight is 306 g/mol. The Bertz CT molecular complexity index is 783. The minimum Gasteiger partial charge on any atom is -0.593 e. The average Bonchev–Trinajstić information content (AvgIpc) is 2.48. The van der Waals surface area contributed by atoms with Gasteiger partial charge in [0, 0.05) is 12.1 Å². The van der Waals surface area contributed by atoms with Crippen LogP contribution in [0.4, 0.5) is 5.69 Å². The Morgan fingerprint density at radius 1 is 1.05 bits per heavy atom. The largest absolute Gasteiger partial charge is 0.593 e. The molecule has 0 radical (unpaired) electrons. The predicted octanol–water partition coefficient (Wildman–Crippen LogP) is 2.37. The second-order valence-electron chi connectivity index (χ2n) is 3.99. The van der Waals surface area contributed by atoms with Crippen molar-refractivity contribution in [3.8, 4) is 0 Å². The minimum absolute atomic E-state index is 0.0157. The van der Waals surface area contributed by atoms with E-state index < -0.39 is 16.0 Å². The van der Waals surface area contributed by atoms with E-state index in [2.05, 4.69) is 4.52 Å². The summed E-state index contributed by atoms with van der Waals surface area (Å²) in [5.41, 5.74) is -0.0995. The maximum atomic E-state index is 11.9. The highest BCUT2D eigenvalue weighted by atomic mass is 32.2. The van der Waals surface area contributed by atoms with Crippen LogP contribution in [0.15, 0.2) is 64.0 Å². The third kappa shape index (κ3) is 3.42. The maximum Gasteiger partial charge on any atom is 0.337 e. The summed E-state index contributed by atoms with van der Waals surface area (Å²) < 4.78 is 26.9. The van der Waals surface area contributed by atoms with Crippen molar-refractivity contribution in [3.63, 3.8) is 0 Å². The number of carboxylic acid groups (broad SMARTS) is 1. The standard InChI is InChI=1S/C13H10N2O5S/c16-13(17)10-6-8-11(9-7-10)15(18)14-21(19,20)12-4-2-1-3-5-12/h1-9H,(H,16,17)/b15-14-. The summed E-state index contributed by atoms with van der Waals surface area (Å²) in [4.78, 5) is 10.5. The number of carbonyl (C=O) groups is 1. The van der Waals surface area contributed by atoms with Crippen LogP contribution in [0.1, 0.15) is 10.4 Å². The fourth-order valence-electron chi connectivity index (χ4n) is 1.52. The molecule has 0 aliphatic rings. The summed E-state index contributed by atoms with van der Waals surface area (Å²) in [5, 5.41) is 20.5. The summed E-state index contributed by atoms with van der Waals surface area (Å²) >= 11 is 0. The molecular weight excluding hydrogens is 296 g/mol. The SMILES string of the molecule is O=C(O)c1ccc(/[N+]([O-])=N/S(=O)(=O)c2ccccc2)cc1. The van der Waals surface area contributed by atoms with Gasteiger partial charge >= 0.3 is 16.0 Å². The molecule has 0 bridgehead atoms. The zero-order chi connectivity index (χ0) is 15.5. The van der Waals surface area contributed by atoms with Gasteiger partial charge in [-0.25, -0.2) is 4.79 Å². The van der Waals surface area contributed by atoms with E-state index in [4.69, 9.17) is 5.11 Å². The van der Waals surface area contributed by atoms with Crippen LogP contribution in [-0.2, 0) is 10.0 Å². The first-order valence-corrected chi connectivity index (χ1v) is 7.18. The van der Waals surface area contributed by atoms with Crippen LogP contribution in [0.5, 0.6) is 0 Å². The number of hydrogen-bond acceptors (Lipinski definition) is 4. The fraction of sp³-hybridized carbons (Fsp3) is 0.